The number of carbonyl (C=O) groups is 2. The fourth-order valence-corrected chi connectivity index (χ4v) is 4.02. The van der Waals surface area contributed by atoms with Gasteiger partial charge in [-0.2, -0.15) is 0 Å². The van der Waals surface area contributed by atoms with Crippen molar-refractivity contribution >= 4 is 23.2 Å². The molecule has 2 N–H and O–H groups in total. The van der Waals surface area contributed by atoms with Crippen molar-refractivity contribution in [3.05, 3.63) is 58.9 Å². The van der Waals surface area contributed by atoms with Crippen LogP contribution in [0.1, 0.15) is 23.6 Å². The molecule has 0 saturated carbocycles. The van der Waals surface area contributed by atoms with Gasteiger partial charge in [0.1, 0.15) is 5.82 Å². The molecule has 2 aromatic rings. The van der Waals surface area contributed by atoms with Crippen molar-refractivity contribution in [1.82, 2.24) is 9.80 Å². The summed E-state index contributed by atoms with van der Waals surface area (Å²) in [6, 6.07) is 9.62. The molecule has 1 heterocycles. The average Bonchev–Trinajstić information content (AvgIpc) is 2.72. The van der Waals surface area contributed by atoms with E-state index in [0.717, 1.165) is 16.8 Å². The number of anilines is 2. The van der Waals surface area contributed by atoms with E-state index in [1.807, 2.05) is 27.7 Å². The molecule has 0 aliphatic carbocycles. The van der Waals surface area contributed by atoms with E-state index >= 15 is 0 Å². The van der Waals surface area contributed by atoms with Crippen LogP contribution in [0.2, 0.25) is 0 Å². The van der Waals surface area contributed by atoms with Crippen LogP contribution in [0, 0.1) is 26.6 Å². The first-order chi connectivity index (χ1) is 14.7. The molecule has 2 amide bonds. The van der Waals surface area contributed by atoms with Crippen LogP contribution in [0.15, 0.2) is 36.4 Å². The van der Waals surface area contributed by atoms with Gasteiger partial charge >= 0.3 is 0 Å². The molecule has 31 heavy (non-hydrogen) atoms. The summed E-state index contributed by atoms with van der Waals surface area (Å²) in [5.74, 6) is -0.478. The van der Waals surface area contributed by atoms with Gasteiger partial charge in [0.15, 0.2) is 0 Å². The zero-order valence-electron chi connectivity index (χ0n) is 18.7. The van der Waals surface area contributed by atoms with Crippen LogP contribution in [-0.2, 0) is 9.59 Å². The number of halogens is 1. The van der Waals surface area contributed by atoms with Crippen molar-refractivity contribution in [2.24, 2.45) is 0 Å². The number of benzene rings is 2. The van der Waals surface area contributed by atoms with Crippen molar-refractivity contribution < 1.29 is 14.0 Å². The van der Waals surface area contributed by atoms with E-state index in [1.54, 1.807) is 12.1 Å². The van der Waals surface area contributed by atoms with E-state index in [1.165, 1.54) is 17.7 Å². The van der Waals surface area contributed by atoms with Gasteiger partial charge in [-0.15, -0.1) is 0 Å². The standard InChI is InChI=1S/C24H31FN4O2/c1-16-13-17(2)23(18(3)14-16)27-24(31)19(4)29-11-9-28(10-12-29)15-22(30)26-21-7-5-20(25)6-8-21/h5-8,13-14,19H,9-12,15H2,1-4H3,(H,26,30)(H,27,31)/t19-/m1/s1. The zero-order valence-corrected chi connectivity index (χ0v) is 18.7. The molecule has 6 nitrogen and oxygen atoms in total. The lowest BCUT2D eigenvalue weighted by molar-refractivity contribution is -0.122. The minimum Gasteiger partial charge on any atom is -0.325 e. The predicted molar refractivity (Wildman–Crippen MR) is 122 cm³/mol. The molecule has 2 aromatic carbocycles. The van der Waals surface area contributed by atoms with Crippen LogP contribution in [-0.4, -0.2) is 60.4 Å². The maximum absolute atomic E-state index is 13.0. The number of aryl methyl sites for hydroxylation is 3. The highest BCUT2D eigenvalue weighted by Crippen LogP contribution is 2.22. The third kappa shape index (κ3) is 6.12. The Balaban J connectivity index is 1.48. The fourth-order valence-electron chi connectivity index (χ4n) is 4.02. The monoisotopic (exact) mass is 426 g/mol. The molecular weight excluding hydrogens is 395 g/mol. The number of hydrogen-bond donors (Lipinski definition) is 2. The first-order valence-corrected chi connectivity index (χ1v) is 10.6. The summed E-state index contributed by atoms with van der Waals surface area (Å²) < 4.78 is 13.0. The first kappa shape index (κ1) is 22.9. The van der Waals surface area contributed by atoms with E-state index in [-0.39, 0.29) is 30.2 Å². The number of nitrogens with one attached hydrogen (secondary N) is 2. The first-order valence-electron chi connectivity index (χ1n) is 10.6. The van der Waals surface area contributed by atoms with Crippen LogP contribution in [0.5, 0.6) is 0 Å². The summed E-state index contributed by atoms with van der Waals surface area (Å²) in [5, 5.41) is 5.88. The minimum atomic E-state index is -0.333. The summed E-state index contributed by atoms with van der Waals surface area (Å²) in [7, 11) is 0. The fraction of sp³-hybridized carbons (Fsp3) is 0.417. The molecule has 1 aliphatic heterocycles. The van der Waals surface area contributed by atoms with Crippen LogP contribution in [0.25, 0.3) is 0 Å². The summed E-state index contributed by atoms with van der Waals surface area (Å²) >= 11 is 0. The summed E-state index contributed by atoms with van der Waals surface area (Å²) in [6.07, 6.45) is 0. The molecule has 166 valence electrons. The molecule has 0 aromatic heterocycles. The summed E-state index contributed by atoms with van der Waals surface area (Å²) in [6.45, 7) is 11.1. The third-order valence-corrected chi connectivity index (χ3v) is 5.75. The third-order valence-electron chi connectivity index (χ3n) is 5.75. The predicted octanol–water partition coefficient (Wildman–Crippen LogP) is 3.33. The Labute approximate surface area is 183 Å². The zero-order chi connectivity index (χ0) is 22.5. The van der Waals surface area contributed by atoms with Gasteiger partial charge < -0.3 is 10.6 Å². The molecule has 0 spiro atoms. The second-order valence-electron chi connectivity index (χ2n) is 8.31. The average molecular weight is 427 g/mol. The van der Waals surface area contributed by atoms with Gasteiger partial charge in [-0.05, 0) is 63.1 Å². The molecule has 0 bridgehead atoms. The van der Waals surface area contributed by atoms with E-state index in [0.29, 0.717) is 31.9 Å². The van der Waals surface area contributed by atoms with Gasteiger partial charge in [-0.3, -0.25) is 19.4 Å². The molecule has 1 aliphatic rings. The van der Waals surface area contributed by atoms with Crippen molar-refractivity contribution in [3.8, 4) is 0 Å². The summed E-state index contributed by atoms with van der Waals surface area (Å²) in [4.78, 5) is 29.3. The number of amides is 2. The van der Waals surface area contributed by atoms with Crippen molar-refractivity contribution in [2.75, 3.05) is 43.4 Å². The Morgan fingerprint density at radius 1 is 0.968 bits per heavy atom. The van der Waals surface area contributed by atoms with E-state index in [2.05, 4.69) is 32.6 Å². The Kier molecular flexibility index (Phi) is 7.41. The topological polar surface area (TPSA) is 64.7 Å². The normalized spacial score (nSPS) is 16.0. The number of piperazine rings is 1. The lowest BCUT2D eigenvalue weighted by Gasteiger charge is -2.37. The van der Waals surface area contributed by atoms with Gasteiger partial charge in [0.2, 0.25) is 11.8 Å². The van der Waals surface area contributed by atoms with E-state index in [4.69, 9.17) is 0 Å². The Morgan fingerprint density at radius 2 is 1.55 bits per heavy atom. The quantitative estimate of drug-likeness (QED) is 0.744. The molecule has 1 atom stereocenters. The molecule has 3 rings (SSSR count). The largest absolute Gasteiger partial charge is 0.325 e. The Bertz CT molecular complexity index is 914. The Hall–Kier alpha value is -2.77. The van der Waals surface area contributed by atoms with Crippen molar-refractivity contribution in [1.29, 1.82) is 0 Å². The van der Waals surface area contributed by atoms with Crippen LogP contribution < -0.4 is 10.6 Å². The lowest BCUT2D eigenvalue weighted by atomic mass is 10.0. The smallest absolute Gasteiger partial charge is 0.241 e. The van der Waals surface area contributed by atoms with Crippen molar-refractivity contribution in [2.45, 2.75) is 33.7 Å². The number of hydrogen-bond acceptors (Lipinski definition) is 4. The molecule has 7 heteroatoms. The van der Waals surface area contributed by atoms with Gasteiger partial charge in [-0.1, -0.05) is 17.7 Å². The van der Waals surface area contributed by atoms with Crippen LogP contribution >= 0.6 is 0 Å². The highest BCUT2D eigenvalue weighted by Gasteiger charge is 2.27. The second kappa shape index (κ2) is 10.0. The maximum atomic E-state index is 13.0. The van der Waals surface area contributed by atoms with Crippen molar-refractivity contribution in [3.63, 3.8) is 0 Å². The molecule has 1 fully saturated rings. The number of nitrogens with zero attached hydrogens (tertiary/aromatic N) is 2. The van der Waals surface area contributed by atoms with Crippen LogP contribution in [0.4, 0.5) is 15.8 Å². The summed E-state index contributed by atoms with van der Waals surface area (Å²) in [5.41, 5.74) is 4.78. The van der Waals surface area contributed by atoms with Gasteiger partial charge in [0.05, 0.1) is 12.6 Å². The van der Waals surface area contributed by atoms with E-state index in [9.17, 15) is 14.0 Å². The van der Waals surface area contributed by atoms with Crippen LogP contribution in [0.3, 0.4) is 0 Å². The van der Waals surface area contributed by atoms with Gasteiger partial charge in [0.25, 0.3) is 0 Å². The highest BCUT2D eigenvalue weighted by atomic mass is 19.1. The molecular formula is C24H31FN4O2. The second-order valence-corrected chi connectivity index (χ2v) is 8.31. The lowest BCUT2D eigenvalue weighted by Crippen LogP contribution is -2.53. The van der Waals surface area contributed by atoms with E-state index < -0.39 is 0 Å². The highest BCUT2D eigenvalue weighted by molar-refractivity contribution is 5.96. The number of carbonyl (C=O) groups excluding carboxylic acids is 2. The Morgan fingerprint density at radius 3 is 2.13 bits per heavy atom. The molecule has 0 radical (unpaired) electrons. The molecule has 1 saturated heterocycles. The molecule has 0 unspecified atom stereocenters. The SMILES string of the molecule is Cc1cc(C)c(NC(=O)[C@@H](C)N2CCN(CC(=O)Nc3ccc(F)cc3)CC2)c(C)c1. The number of rotatable bonds is 6. The maximum Gasteiger partial charge on any atom is 0.241 e. The minimum absolute atomic E-state index is 0.0162. The van der Waals surface area contributed by atoms with Gasteiger partial charge in [-0.25, -0.2) is 4.39 Å². The van der Waals surface area contributed by atoms with Gasteiger partial charge in [0, 0.05) is 37.6 Å².